The van der Waals surface area contributed by atoms with E-state index < -0.39 is 6.04 Å². The summed E-state index contributed by atoms with van der Waals surface area (Å²) >= 11 is 0. The Kier molecular flexibility index (Phi) is 4.90. The number of hydroxylamine groups is 2. The van der Waals surface area contributed by atoms with Crippen molar-refractivity contribution in [1.82, 2.24) is 5.06 Å². The summed E-state index contributed by atoms with van der Waals surface area (Å²) in [6, 6.07) is -0.430. The van der Waals surface area contributed by atoms with E-state index >= 15 is 0 Å². The number of esters is 1. The summed E-state index contributed by atoms with van der Waals surface area (Å²) in [7, 11) is 0. The second-order valence-electron chi connectivity index (χ2n) is 3.70. The van der Waals surface area contributed by atoms with Crippen LogP contribution in [0, 0.1) is 0 Å². The van der Waals surface area contributed by atoms with Gasteiger partial charge in [0.15, 0.2) is 0 Å². The first kappa shape index (κ1) is 11.5. The van der Waals surface area contributed by atoms with Gasteiger partial charge in [0.25, 0.3) is 0 Å². The minimum atomic E-state index is -0.430. The van der Waals surface area contributed by atoms with Gasteiger partial charge in [-0.25, -0.2) is 0 Å². The molecular formula is C10H19NO3. The number of ether oxygens (including phenoxy) is 1. The van der Waals surface area contributed by atoms with E-state index in [2.05, 4.69) is 0 Å². The van der Waals surface area contributed by atoms with Crippen molar-refractivity contribution in [3.8, 4) is 0 Å². The van der Waals surface area contributed by atoms with Gasteiger partial charge in [0.2, 0.25) is 0 Å². The summed E-state index contributed by atoms with van der Waals surface area (Å²) in [4.78, 5) is 11.5. The molecule has 0 aliphatic carbocycles. The fourth-order valence-electron chi connectivity index (χ4n) is 1.57. The molecular weight excluding hydrogens is 182 g/mol. The van der Waals surface area contributed by atoms with Gasteiger partial charge in [-0.15, -0.1) is 0 Å². The van der Waals surface area contributed by atoms with Crippen LogP contribution in [-0.2, 0) is 9.53 Å². The molecule has 1 saturated heterocycles. The minimum absolute atomic E-state index is 0.277. The van der Waals surface area contributed by atoms with Crippen LogP contribution in [0.2, 0.25) is 0 Å². The van der Waals surface area contributed by atoms with Gasteiger partial charge >= 0.3 is 5.97 Å². The fourth-order valence-corrected chi connectivity index (χ4v) is 1.57. The third-order valence-electron chi connectivity index (χ3n) is 2.49. The van der Waals surface area contributed by atoms with Crippen LogP contribution in [-0.4, -0.2) is 35.4 Å². The largest absolute Gasteiger partial charge is 0.464 e. The SMILES string of the molecule is CCCCOC(=O)C1CCCCN1O. The number of piperidine rings is 1. The number of hydrogen-bond acceptors (Lipinski definition) is 4. The second kappa shape index (κ2) is 5.98. The minimum Gasteiger partial charge on any atom is -0.464 e. The monoisotopic (exact) mass is 201 g/mol. The standard InChI is InChI=1S/C10H19NO3/c1-2-3-8-14-10(12)9-6-4-5-7-11(9)13/h9,13H,2-8H2,1H3. The summed E-state index contributed by atoms with van der Waals surface area (Å²) in [5, 5.41) is 10.5. The highest BCUT2D eigenvalue weighted by Gasteiger charge is 2.28. The van der Waals surface area contributed by atoms with Crippen molar-refractivity contribution in [3.05, 3.63) is 0 Å². The molecule has 4 heteroatoms. The molecule has 0 aromatic rings. The van der Waals surface area contributed by atoms with Crippen molar-refractivity contribution in [2.24, 2.45) is 0 Å². The second-order valence-corrected chi connectivity index (χ2v) is 3.70. The van der Waals surface area contributed by atoms with Crippen molar-refractivity contribution in [2.75, 3.05) is 13.2 Å². The van der Waals surface area contributed by atoms with Crippen LogP contribution in [0.5, 0.6) is 0 Å². The van der Waals surface area contributed by atoms with Gasteiger partial charge < -0.3 is 9.94 Å². The van der Waals surface area contributed by atoms with Crippen LogP contribution in [0.15, 0.2) is 0 Å². The number of rotatable bonds is 4. The summed E-state index contributed by atoms with van der Waals surface area (Å²) in [5.41, 5.74) is 0. The van der Waals surface area contributed by atoms with Crippen molar-refractivity contribution < 1.29 is 14.7 Å². The molecule has 0 radical (unpaired) electrons. The maximum absolute atomic E-state index is 11.5. The summed E-state index contributed by atoms with van der Waals surface area (Å²) in [5.74, 6) is -0.277. The van der Waals surface area contributed by atoms with Gasteiger partial charge in [-0.3, -0.25) is 4.79 Å². The quantitative estimate of drug-likeness (QED) is 0.554. The molecule has 1 aliphatic rings. The van der Waals surface area contributed by atoms with E-state index in [0.29, 0.717) is 19.6 Å². The first-order valence-corrected chi connectivity index (χ1v) is 5.38. The van der Waals surface area contributed by atoms with Crippen molar-refractivity contribution in [3.63, 3.8) is 0 Å². The van der Waals surface area contributed by atoms with Crippen molar-refractivity contribution in [1.29, 1.82) is 0 Å². The molecule has 14 heavy (non-hydrogen) atoms. The van der Waals surface area contributed by atoms with E-state index in [4.69, 9.17) is 4.74 Å². The summed E-state index contributed by atoms with van der Waals surface area (Å²) < 4.78 is 5.05. The van der Waals surface area contributed by atoms with E-state index in [1.165, 1.54) is 0 Å². The van der Waals surface area contributed by atoms with E-state index in [0.717, 1.165) is 30.7 Å². The Hall–Kier alpha value is -0.610. The lowest BCUT2D eigenvalue weighted by Gasteiger charge is -2.28. The molecule has 1 rings (SSSR count). The molecule has 0 spiro atoms. The Bertz CT molecular complexity index is 184. The highest BCUT2D eigenvalue weighted by atomic mass is 16.6. The molecule has 82 valence electrons. The molecule has 1 N–H and O–H groups in total. The molecule has 0 saturated carbocycles. The number of nitrogens with zero attached hydrogens (tertiary/aromatic N) is 1. The zero-order chi connectivity index (χ0) is 10.4. The maximum atomic E-state index is 11.5. The first-order chi connectivity index (χ1) is 6.75. The van der Waals surface area contributed by atoms with Crippen LogP contribution >= 0.6 is 0 Å². The topological polar surface area (TPSA) is 49.8 Å². The lowest BCUT2D eigenvalue weighted by molar-refractivity contribution is -0.181. The third kappa shape index (κ3) is 3.27. The average Bonchev–Trinajstić information content (AvgIpc) is 2.18. The summed E-state index contributed by atoms with van der Waals surface area (Å²) in [6.45, 7) is 3.10. The van der Waals surface area contributed by atoms with Gasteiger partial charge in [0.1, 0.15) is 6.04 Å². The zero-order valence-corrected chi connectivity index (χ0v) is 8.74. The Morgan fingerprint density at radius 2 is 2.36 bits per heavy atom. The van der Waals surface area contributed by atoms with Crippen molar-refractivity contribution in [2.45, 2.75) is 45.1 Å². The normalized spacial score (nSPS) is 23.4. The smallest absolute Gasteiger partial charge is 0.325 e. The Balaban J connectivity index is 2.27. The number of carbonyl (C=O) groups excluding carboxylic acids is 1. The molecule has 0 aromatic carbocycles. The number of hydrogen-bond donors (Lipinski definition) is 1. The van der Waals surface area contributed by atoms with Gasteiger partial charge in [-0.2, -0.15) is 5.06 Å². The molecule has 4 nitrogen and oxygen atoms in total. The Morgan fingerprint density at radius 3 is 3.00 bits per heavy atom. The maximum Gasteiger partial charge on any atom is 0.325 e. The third-order valence-corrected chi connectivity index (χ3v) is 2.49. The lowest BCUT2D eigenvalue weighted by atomic mass is 10.0. The van der Waals surface area contributed by atoms with E-state index in [9.17, 15) is 10.0 Å². The van der Waals surface area contributed by atoms with Crippen LogP contribution < -0.4 is 0 Å². The van der Waals surface area contributed by atoms with Crippen LogP contribution in [0.4, 0.5) is 0 Å². The first-order valence-electron chi connectivity index (χ1n) is 5.38. The van der Waals surface area contributed by atoms with E-state index in [-0.39, 0.29) is 5.97 Å². The molecule has 1 heterocycles. The average molecular weight is 201 g/mol. The molecule has 0 aromatic heterocycles. The molecule has 1 unspecified atom stereocenters. The zero-order valence-electron chi connectivity index (χ0n) is 8.74. The molecule has 0 amide bonds. The Labute approximate surface area is 84.8 Å². The van der Waals surface area contributed by atoms with Gasteiger partial charge in [0.05, 0.1) is 6.61 Å². The molecule has 1 aliphatic heterocycles. The lowest BCUT2D eigenvalue weighted by Crippen LogP contribution is -2.43. The number of carbonyl (C=O) groups is 1. The van der Waals surface area contributed by atoms with E-state index in [1.54, 1.807) is 0 Å². The number of unbranched alkanes of at least 4 members (excludes halogenated alkanes) is 1. The van der Waals surface area contributed by atoms with Gasteiger partial charge in [0, 0.05) is 6.54 Å². The highest BCUT2D eigenvalue weighted by molar-refractivity contribution is 5.75. The van der Waals surface area contributed by atoms with Crippen molar-refractivity contribution >= 4 is 5.97 Å². The van der Waals surface area contributed by atoms with Crippen LogP contribution in [0.1, 0.15) is 39.0 Å². The molecule has 1 fully saturated rings. The van der Waals surface area contributed by atoms with Crippen LogP contribution in [0.25, 0.3) is 0 Å². The Morgan fingerprint density at radius 1 is 1.57 bits per heavy atom. The van der Waals surface area contributed by atoms with Gasteiger partial charge in [-0.1, -0.05) is 13.3 Å². The summed E-state index contributed by atoms with van der Waals surface area (Å²) in [6.07, 6.45) is 4.56. The predicted molar refractivity (Wildman–Crippen MR) is 52.0 cm³/mol. The van der Waals surface area contributed by atoms with E-state index in [1.807, 2.05) is 6.92 Å². The van der Waals surface area contributed by atoms with Crippen LogP contribution in [0.3, 0.4) is 0 Å². The highest BCUT2D eigenvalue weighted by Crippen LogP contribution is 2.15. The molecule has 1 atom stereocenters. The molecule has 0 bridgehead atoms. The predicted octanol–water partition coefficient (Wildman–Crippen LogP) is 1.57. The van der Waals surface area contributed by atoms with Gasteiger partial charge in [-0.05, 0) is 25.7 Å². The fraction of sp³-hybridized carbons (Fsp3) is 0.900.